The second-order valence-electron chi connectivity index (χ2n) is 4.89. The third-order valence-corrected chi connectivity index (χ3v) is 3.96. The molecule has 2 aromatic carbocycles. The van der Waals surface area contributed by atoms with E-state index in [4.69, 9.17) is 27.9 Å². The van der Waals surface area contributed by atoms with Crippen LogP contribution in [0.25, 0.3) is 0 Å². The maximum absolute atomic E-state index is 10.3. The number of benzene rings is 2. The van der Waals surface area contributed by atoms with Crippen molar-refractivity contribution in [3.63, 3.8) is 0 Å². The molecule has 0 aliphatic rings. The van der Waals surface area contributed by atoms with Crippen molar-refractivity contribution in [1.29, 1.82) is 0 Å². The smallest absolute Gasteiger partial charge is 0.294 e. The molecular formula is C16H15Cl2NO4. The molecule has 1 unspecified atom stereocenters. The molecular weight excluding hydrogens is 341 g/mol. The van der Waals surface area contributed by atoms with E-state index in [0.29, 0.717) is 22.2 Å². The molecule has 0 aromatic heterocycles. The highest BCUT2D eigenvalue weighted by atomic mass is 35.5. The van der Waals surface area contributed by atoms with Crippen LogP contribution in [0, 0.1) is 17.0 Å². The van der Waals surface area contributed by atoms with Gasteiger partial charge in [0.05, 0.1) is 10.0 Å². The van der Waals surface area contributed by atoms with Crippen molar-refractivity contribution in [3.8, 4) is 5.75 Å². The highest BCUT2D eigenvalue weighted by molar-refractivity contribution is 6.42. The summed E-state index contributed by atoms with van der Waals surface area (Å²) in [5.74, 6) is 0.578. The van der Waals surface area contributed by atoms with Gasteiger partial charge in [0.15, 0.2) is 0 Å². The van der Waals surface area contributed by atoms with E-state index in [0.717, 1.165) is 11.1 Å². The van der Waals surface area contributed by atoms with Gasteiger partial charge in [0, 0.05) is 12.5 Å². The largest absolute Gasteiger partial charge is 0.485 e. The molecule has 0 amide bonds. The Kier molecular flexibility index (Phi) is 6.07. The maximum atomic E-state index is 10.3. The van der Waals surface area contributed by atoms with E-state index < -0.39 is 11.2 Å². The molecule has 0 fully saturated rings. The maximum Gasteiger partial charge on any atom is 0.294 e. The van der Waals surface area contributed by atoms with Gasteiger partial charge in [0.25, 0.3) is 5.09 Å². The van der Waals surface area contributed by atoms with E-state index in [1.54, 1.807) is 12.1 Å². The Hall–Kier alpha value is -1.98. The Morgan fingerprint density at radius 1 is 1.17 bits per heavy atom. The number of hydrogen-bond acceptors (Lipinski definition) is 4. The molecule has 0 bridgehead atoms. The van der Waals surface area contributed by atoms with Gasteiger partial charge in [-0.3, -0.25) is 0 Å². The molecule has 5 nitrogen and oxygen atoms in total. The van der Waals surface area contributed by atoms with Crippen LogP contribution in [-0.2, 0) is 4.84 Å². The highest BCUT2D eigenvalue weighted by Gasteiger charge is 2.16. The third-order valence-electron chi connectivity index (χ3n) is 3.24. The van der Waals surface area contributed by atoms with Crippen LogP contribution in [0.2, 0.25) is 10.0 Å². The minimum absolute atomic E-state index is 0.0626. The third kappa shape index (κ3) is 5.01. The van der Waals surface area contributed by atoms with Gasteiger partial charge >= 0.3 is 0 Å². The summed E-state index contributed by atoms with van der Waals surface area (Å²) in [6, 6.07) is 12.8. The molecule has 0 radical (unpaired) electrons. The average molecular weight is 356 g/mol. The number of ether oxygens (including phenoxy) is 1. The standard InChI is InChI=1S/C16H15Cl2NO4/c1-11-9-13(17)14(18)10-16(11)23-15(7-8-22-19(20)21)12-5-3-2-4-6-12/h2-6,9-10,15H,7-8H2,1H3. The van der Waals surface area contributed by atoms with Crippen LogP contribution in [-0.4, -0.2) is 11.7 Å². The lowest BCUT2D eigenvalue weighted by Crippen LogP contribution is -2.13. The molecule has 122 valence electrons. The number of halogens is 2. The molecule has 0 saturated heterocycles. The lowest BCUT2D eigenvalue weighted by atomic mass is 10.1. The molecule has 7 heteroatoms. The van der Waals surface area contributed by atoms with Crippen molar-refractivity contribution in [3.05, 3.63) is 73.8 Å². The van der Waals surface area contributed by atoms with Crippen LogP contribution < -0.4 is 4.74 Å². The first-order valence-electron chi connectivity index (χ1n) is 6.92. The molecule has 2 aromatic rings. The van der Waals surface area contributed by atoms with Gasteiger partial charge in [-0.2, -0.15) is 0 Å². The lowest BCUT2D eigenvalue weighted by Gasteiger charge is -2.21. The van der Waals surface area contributed by atoms with Crippen molar-refractivity contribution >= 4 is 23.2 Å². The fraction of sp³-hybridized carbons (Fsp3) is 0.250. The summed E-state index contributed by atoms with van der Waals surface area (Å²) >= 11 is 12.0. The minimum atomic E-state index is -0.813. The fourth-order valence-electron chi connectivity index (χ4n) is 2.10. The molecule has 0 N–H and O–H groups in total. The summed E-state index contributed by atoms with van der Waals surface area (Å²) in [4.78, 5) is 14.7. The molecule has 2 rings (SSSR count). The van der Waals surface area contributed by atoms with Gasteiger partial charge in [0.2, 0.25) is 0 Å². The van der Waals surface area contributed by atoms with Gasteiger partial charge in [-0.1, -0.05) is 53.5 Å². The highest BCUT2D eigenvalue weighted by Crippen LogP contribution is 2.33. The summed E-state index contributed by atoms with van der Waals surface area (Å²) in [5.41, 5.74) is 1.72. The van der Waals surface area contributed by atoms with Crippen LogP contribution in [0.4, 0.5) is 0 Å². The zero-order valence-electron chi connectivity index (χ0n) is 12.4. The summed E-state index contributed by atoms with van der Waals surface area (Å²) in [6.07, 6.45) is -0.0721. The van der Waals surface area contributed by atoms with Crippen molar-refractivity contribution < 1.29 is 14.7 Å². The first kappa shape index (κ1) is 17.4. The Balaban J connectivity index is 2.20. The summed E-state index contributed by atoms with van der Waals surface area (Å²) in [7, 11) is 0. The van der Waals surface area contributed by atoms with E-state index in [1.807, 2.05) is 37.3 Å². The SMILES string of the molecule is Cc1cc(Cl)c(Cl)cc1OC(CCO[N+](=O)[O-])c1ccccc1. The minimum Gasteiger partial charge on any atom is -0.485 e. The monoisotopic (exact) mass is 355 g/mol. The van der Waals surface area contributed by atoms with Crippen LogP contribution in [0.15, 0.2) is 42.5 Å². The van der Waals surface area contributed by atoms with Gasteiger partial charge in [0.1, 0.15) is 18.5 Å². The number of hydrogen-bond donors (Lipinski definition) is 0. The molecule has 1 atom stereocenters. The topological polar surface area (TPSA) is 61.6 Å². The Labute approximate surface area is 143 Å². The van der Waals surface area contributed by atoms with Gasteiger partial charge in [-0.15, -0.1) is 10.1 Å². The van der Waals surface area contributed by atoms with Gasteiger partial charge in [-0.25, -0.2) is 0 Å². The predicted molar refractivity (Wildman–Crippen MR) is 88.6 cm³/mol. The molecule has 0 heterocycles. The van der Waals surface area contributed by atoms with Crippen molar-refractivity contribution in [2.45, 2.75) is 19.4 Å². The van der Waals surface area contributed by atoms with E-state index >= 15 is 0 Å². The zero-order valence-corrected chi connectivity index (χ0v) is 13.9. The average Bonchev–Trinajstić information content (AvgIpc) is 2.52. The van der Waals surface area contributed by atoms with Crippen molar-refractivity contribution in [2.75, 3.05) is 6.61 Å². The molecule has 0 spiro atoms. The van der Waals surface area contributed by atoms with Crippen LogP contribution in [0.1, 0.15) is 23.7 Å². The first-order chi connectivity index (χ1) is 11.0. The normalized spacial score (nSPS) is 11.8. The molecule has 0 saturated carbocycles. The predicted octanol–water partition coefficient (Wildman–Crippen LogP) is 5.02. The van der Waals surface area contributed by atoms with Crippen molar-refractivity contribution in [1.82, 2.24) is 0 Å². The summed E-state index contributed by atoms with van der Waals surface area (Å²) in [5, 5.41) is 10.3. The van der Waals surface area contributed by atoms with Gasteiger partial charge in [-0.05, 0) is 24.1 Å². The number of nitrogens with zero attached hydrogens (tertiary/aromatic N) is 1. The molecule has 0 aliphatic carbocycles. The fourth-order valence-corrected chi connectivity index (χ4v) is 2.48. The quantitative estimate of drug-likeness (QED) is 0.516. The van der Waals surface area contributed by atoms with E-state index in [-0.39, 0.29) is 6.61 Å². The summed E-state index contributed by atoms with van der Waals surface area (Å²) < 4.78 is 6.00. The number of aryl methyl sites for hydroxylation is 1. The van der Waals surface area contributed by atoms with Crippen LogP contribution in [0.3, 0.4) is 0 Å². The van der Waals surface area contributed by atoms with E-state index in [2.05, 4.69) is 4.84 Å². The summed E-state index contributed by atoms with van der Waals surface area (Å²) in [6.45, 7) is 1.79. The lowest BCUT2D eigenvalue weighted by molar-refractivity contribution is -0.758. The number of rotatable bonds is 7. The van der Waals surface area contributed by atoms with E-state index in [1.165, 1.54) is 0 Å². The zero-order chi connectivity index (χ0) is 16.8. The van der Waals surface area contributed by atoms with Crippen LogP contribution in [0.5, 0.6) is 5.75 Å². The van der Waals surface area contributed by atoms with Crippen LogP contribution >= 0.6 is 23.2 Å². The molecule has 23 heavy (non-hydrogen) atoms. The Morgan fingerprint density at radius 2 is 1.83 bits per heavy atom. The Morgan fingerprint density at radius 3 is 2.48 bits per heavy atom. The molecule has 0 aliphatic heterocycles. The van der Waals surface area contributed by atoms with E-state index in [9.17, 15) is 10.1 Å². The second-order valence-corrected chi connectivity index (χ2v) is 5.71. The second kappa shape index (κ2) is 8.04. The van der Waals surface area contributed by atoms with Crippen molar-refractivity contribution in [2.24, 2.45) is 0 Å². The first-order valence-corrected chi connectivity index (χ1v) is 7.67. The van der Waals surface area contributed by atoms with Gasteiger partial charge < -0.3 is 9.57 Å². The Bertz CT molecular complexity index is 679.